The minimum absolute atomic E-state index is 0.732. The van der Waals surface area contributed by atoms with Crippen LogP contribution >= 0.6 is 0 Å². The lowest BCUT2D eigenvalue weighted by atomic mass is 9.89. The van der Waals surface area contributed by atoms with E-state index in [0.29, 0.717) is 0 Å². The largest absolute Gasteiger partial charge is 0.493 e. The third-order valence-corrected chi connectivity index (χ3v) is 6.35. The molecule has 158 valence electrons. The summed E-state index contributed by atoms with van der Waals surface area (Å²) >= 11 is 0. The molecule has 0 atom stereocenters. The Hall–Kier alpha value is -3.11. The Balaban J connectivity index is 1.79. The van der Waals surface area contributed by atoms with Crippen molar-refractivity contribution in [2.75, 3.05) is 27.3 Å². The number of hydrogen-bond donors (Lipinski definition) is 0. The first-order valence-corrected chi connectivity index (χ1v) is 11.0. The first kappa shape index (κ1) is 19.8. The number of rotatable bonds is 5. The van der Waals surface area contributed by atoms with Crippen molar-refractivity contribution < 1.29 is 9.47 Å². The van der Waals surface area contributed by atoms with Crippen LogP contribution in [0.25, 0.3) is 32.9 Å². The van der Waals surface area contributed by atoms with Gasteiger partial charge < -0.3 is 9.47 Å². The van der Waals surface area contributed by atoms with Gasteiger partial charge in [0.05, 0.1) is 25.4 Å². The molecular formula is C27H28N2O2. The van der Waals surface area contributed by atoms with Gasteiger partial charge in [-0.05, 0) is 65.6 Å². The molecule has 0 N–H and O–H groups in total. The topological polar surface area (TPSA) is 34.6 Å². The van der Waals surface area contributed by atoms with Crippen molar-refractivity contribution in [1.29, 1.82) is 0 Å². The second kappa shape index (κ2) is 8.20. The first-order valence-electron chi connectivity index (χ1n) is 11.0. The van der Waals surface area contributed by atoms with E-state index >= 15 is 0 Å². The number of fused-ring (bicyclic) bond motifs is 5. The van der Waals surface area contributed by atoms with Crippen molar-refractivity contribution in [3.05, 3.63) is 65.7 Å². The molecule has 0 aliphatic carbocycles. The van der Waals surface area contributed by atoms with Crippen LogP contribution in [0.5, 0.6) is 11.5 Å². The molecule has 0 saturated carbocycles. The smallest absolute Gasteiger partial charge is 0.161 e. The Labute approximate surface area is 183 Å². The van der Waals surface area contributed by atoms with Crippen molar-refractivity contribution in [3.63, 3.8) is 0 Å². The third kappa shape index (κ3) is 3.41. The Bertz CT molecular complexity index is 1270. The number of benzene rings is 3. The summed E-state index contributed by atoms with van der Waals surface area (Å²) in [5.41, 5.74) is 5.97. The van der Waals surface area contributed by atoms with Crippen molar-refractivity contribution in [1.82, 2.24) is 9.88 Å². The molecule has 4 heteroatoms. The number of hydrogen-bond acceptors (Lipinski definition) is 4. The van der Waals surface area contributed by atoms with Gasteiger partial charge >= 0.3 is 0 Å². The summed E-state index contributed by atoms with van der Waals surface area (Å²) in [6, 6.07) is 19.1. The van der Waals surface area contributed by atoms with E-state index in [0.717, 1.165) is 60.7 Å². The summed E-state index contributed by atoms with van der Waals surface area (Å²) < 4.78 is 11.0. The average Bonchev–Trinajstić information content (AvgIpc) is 2.82. The fourth-order valence-corrected chi connectivity index (χ4v) is 4.90. The maximum atomic E-state index is 5.58. The normalized spacial score (nSPS) is 14.0. The summed E-state index contributed by atoms with van der Waals surface area (Å²) in [5, 5.41) is 3.88. The minimum atomic E-state index is 0.732. The van der Waals surface area contributed by atoms with Crippen LogP contribution in [0, 0.1) is 0 Å². The highest BCUT2D eigenvalue weighted by atomic mass is 16.5. The van der Waals surface area contributed by atoms with E-state index in [-0.39, 0.29) is 0 Å². The highest BCUT2D eigenvalue weighted by Gasteiger charge is 2.24. The molecule has 0 saturated heterocycles. The molecule has 4 aromatic rings. The summed E-state index contributed by atoms with van der Waals surface area (Å²) in [4.78, 5) is 7.76. The second-order valence-corrected chi connectivity index (χ2v) is 8.19. The van der Waals surface area contributed by atoms with Gasteiger partial charge in [-0.15, -0.1) is 0 Å². The van der Waals surface area contributed by atoms with Crippen LogP contribution in [0.4, 0.5) is 0 Å². The van der Waals surface area contributed by atoms with Crippen molar-refractivity contribution >= 4 is 21.7 Å². The highest BCUT2D eigenvalue weighted by Crippen LogP contribution is 2.39. The Morgan fingerprint density at radius 3 is 2.58 bits per heavy atom. The molecule has 0 amide bonds. The lowest BCUT2D eigenvalue weighted by molar-refractivity contribution is 0.255. The van der Waals surface area contributed by atoms with Gasteiger partial charge in [-0.25, -0.2) is 4.98 Å². The molecule has 0 spiro atoms. The minimum Gasteiger partial charge on any atom is -0.493 e. The van der Waals surface area contributed by atoms with Crippen molar-refractivity contribution in [2.45, 2.75) is 26.3 Å². The predicted octanol–water partition coefficient (Wildman–Crippen LogP) is 5.84. The van der Waals surface area contributed by atoms with Gasteiger partial charge in [-0.1, -0.05) is 37.3 Å². The molecular weight excluding hydrogens is 384 g/mol. The van der Waals surface area contributed by atoms with Crippen molar-refractivity contribution in [3.8, 4) is 22.8 Å². The van der Waals surface area contributed by atoms with Gasteiger partial charge in [-0.2, -0.15) is 0 Å². The van der Waals surface area contributed by atoms with Gasteiger partial charge in [0.2, 0.25) is 0 Å². The van der Waals surface area contributed by atoms with E-state index in [4.69, 9.17) is 14.5 Å². The maximum absolute atomic E-state index is 5.58. The van der Waals surface area contributed by atoms with Gasteiger partial charge in [0.25, 0.3) is 0 Å². The molecule has 31 heavy (non-hydrogen) atoms. The van der Waals surface area contributed by atoms with Gasteiger partial charge in [0, 0.05) is 24.0 Å². The Morgan fingerprint density at radius 2 is 1.77 bits per heavy atom. The molecule has 1 aromatic heterocycles. The number of aromatic nitrogens is 1. The third-order valence-electron chi connectivity index (χ3n) is 6.35. The van der Waals surface area contributed by atoms with Crippen LogP contribution < -0.4 is 9.47 Å². The molecule has 0 fully saturated rings. The quantitative estimate of drug-likeness (QED) is 0.386. The lowest BCUT2D eigenvalue weighted by Gasteiger charge is -2.31. The number of methoxy groups -OCH3 is 2. The molecule has 3 aromatic carbocycles. The van der Waals surface area contributed by atoms with Crippen LogP contribution in [0.1, 0.15) is 24.5 Å². The average molecular weight is 413 g/mol. The molecule has 5 rings (SSSR count). The molecule has 4 nitrogen and oxygen atoms in total. The van der Waals surface area contributed by atoms with E-state index in [2.05, 4.69) is 54.3 Å². The number of ether oxygens (including phenoxy) is 2. The number of pyridine rings is 1. The monoisotopic (exact) mass is 412 g/mol. The van der Waals surface area contributed by atoms with Crippen LogP contribution in [0.2, 0.25) is 0 Å². The first-order chi connectivity index (χ1) is 15.2. The van der Waals surface area contributed by atoms with Crippen LogP contribution in [-0.2, 0) is 13.0 Å². The van der Waals surface area contributed by atoms with Crippen LogP contribution in [0.3, 0.4) is 0 Å². The molecule has 2 heterocycles. The Kier molecular flexibility index (Phi) is 5.24. The summed E-state index contributed by atoms with van der Waals surface area (Å²) in [6.45, 7) is 5.38. The van der Waals surface area contributed by atoms with E-state index in [1.54, 1.807) is 14.2 Å². The molecule has 0 bridgehead atoms. The molecule has 0 unspecified atom stereocenters. The van der Waals surface area contributed by atoms with E-state index < -0.39 is 0 Å². The summed E-state index contributed by atoms with van der Waals surface area (Å²) in [5.74, 6) is 1.47. The fraction of sp³-hybridized carbons (Fsp3) is 0.296. The SMILES string of the molecule is CCCN1CCc2c(c(-c3ccc(OC)c(OC)c3)nc3ccc4ccccc4c23)C1. The van der Waals surface area contributed by atoms with Gasteiger partial charge in [-0.3, -0.25) is 4.90 Å². The summed E-state index contributed by atoms with van der Waals surface area (Å²) in [6.07, 6.45) is 2.20. The molecule has 1 aliphatic rings. The maximum Gasteiger partial charge on any atom is 0.161 e. The zero-order valence-corrected chi connectivity index (χ0v) is 18.4. The number of nitrogens with zero attached hydrogens (tertiary/aromatic N) is 2. The van der Waals surface area contributed by atoms with Crippen molar-refractivity contribution in [2.24, 2.45) is 0 Å². The highest BCUT2D eigenvalue weighted by molar-refractivity contribution is 6.09. The van der Waals surface area contributed by atoms with Gasteiger partial charge in [0.1, 0.15) is 0 Å². The zero-order valence-electron chi connectivity index (χ0n) is 18.4. The Morgan fingerprint density at radius 1 is 0.935 bits per heavy atom. The van der Waals surface area contributed by atoms with Gasteiger partial charge in [0.15, 0.2) is 11.5 Å². The predicted molar refractivity (Wildman–Crippen MR) is 127 cm³/mol. The lowest BCUT2D eigenvalue weighted by Crippen LogP contribution is -2.32. The zero-order chi connectivity index (χ0) is 21.4. The van der Waals surface area contributed by atoms with Crippen LogP contribution in [0.15, 0.2) is 54.6 Å². The van der Waals surface area contributed by atoms with E-state index in [1.807, 2.05) is 12.1 Å². The van der Waals surface area contributed by atoms with E-state index in [1.165, 1.54) is 27.3 Å². The fourth-order valence-electron chi connectivity index (χ4n) is 4.90. The van der Waals surface area contributed by atoms with Crippen LogP contribution in [-0.4, -0.2) is 37.2 Å². The standard InChI is InChI=1S/C27H28N2O2/c1-4-14-29-15-13-21-22(17-29)27(19-10-12-24(30-2)25(16-19)31-3)28-23-11-9-18-7-5-6-8-20(18)26(21)23/h5-12,16H,4,13-15,17H2,1-3H3. The molecule has 0 radical (unpaired) electrons. The van der Waals surface area contributed by atoms with E-state index in [9.17, 15) is 0 Å². The summed E-state index contributed by atoms with van der Waals surface area (Å²) in [7, 11) is 3.35. The molecule has 1 aliphatic heterocycles. The second-order valence-electron chi connectivity index (χ2n) is 8.19.